The second-order valence-electron chi connectivity index (χ2n) is 2.61. The molecule has 0 aliphatic carbocycles. The Balaban J connectivity index is 2.98. The molecule has 1 rings (SSSR count). The van der Waals surface area contributed by atoms with Crippen LogP contribution in [0.3, 0.4) is 0 Å². The fourth-order valence-electron chi connectivity index (χ4n) is 0.927. The van der Waals surface area contributed by atoms with Crippen LogP contribution in [0, 0.1) is 11.6 Å². The number of hydrogen-bond acceptors (Lipinski definition) is 2. The van der Waals surface area contributed by atoms with E-state index in [1.54, 1.807) is 0 Å². The molecule has 14 heavy (non-hydrogen) atoms. The van der Waals surface area contributed by atoms with Crippen LogP contribution in [0.15, 0.2) is 16.6 Å². The molecule has 0 N–H and O–H groups in total. The Morgan fingerprint density at radius 3 is 2.64 bits per heavy atom. The number of rotatable bonds is 2. The lowest BCUT2D eigenvalue weighted by Gasteiger charge is -2.03. The number of esters is 1. The predicted molar refractivity (Wildman–Crippen MR) is 49.8 cm³/mol. The predicted octanol–water partition coefficient (Wildman–Crippen LogP) is 2.44. The largest absolute Gasteiger partial charge is 0.469 e. The molecule has 0 aliphatic heterocycles. The van der Waals surface area contributed by atoms with Crippen LogP contribution in [-0.2, 0) is 16.0 Å². The zero-order chi connectivity index (χ0) is 10.7. The third-order valence-electron chi connectivity index (χ3n) is 1.65. The van der Waals surface area contributed by atoms with E-state index in [1.165, 1.54) is 13.2 Å². The summed E-state index contributed by atoms with van der Waals surface area (Å²) >= 11 is 2.90. The summed E-state index contributed by atoms with van der Waals surface area (Å²) in [6.45, 7) is 0. The summed E-state index contributed by atoms with van der Waals surface area (Å²) in [6, 6.07) is 1.95. The number of hydrogen-bond donors (Lipinski definition) is 0. The van der Waals surface area contributed by atoms with Gasteiger partial charge >= 0.3 is 5.97 Å². The van der Waals surface area contributed by atoms with E-state index in [9.17, 15) is 13.6 Å². The first-order valence-electron chi connectivity index (χ1n) is 3.75. The van der Waals surface area contributed by atoms with Crippen LogP contribution in [0.5, 0.6) is 0 Å². The van der Waals surface area contributed by atoms with Crippen LogP contribution in [0.2, 0.25) is 0 Å². The average molecular weight is 265 g/mol. The molecule has 1 aromatic carbocycles. The molecule has 0 spiro atoms. The minimum absolute atomic E-state index is 0.102. The van der Waals surface area contributed by atoms with Crippen molar-refractivity contribution in [2.75, 3.05) is 7.11 Å². The number of halogens is 3. The maximum Gasteiger partial charge on any atom is 0.310 e. The Bertz CT molecular complexity index is 366. The normalized spacial score (nSPS) is 10.0. The number of carbonyl (C=O) groups is 1. The van der Waals surface area contributed by atoms with Gasteiger partial charge in [0.25, 0.3) is 0 Å². The molecule has 0 heterocycles. The lowest BCUT2D eigenvalue weighted by Crippen LogP contribution is -2.06. The summed E-state index contributed by atoms with van der Waals surface area (Å²) in [6.07, 6.45) is -0.207. The topological polar surface area (TPSA) is 26.3 Å². The Hall–Kier alpha value is -0.970. The highest BCUT2D eigenvalue weighted by molar-refractivity contribution is 9.10. The first-order chi connectivity index (χ1) is 6.54. The zero-order valence-electron chi connectivity index (χ0n) is 7.31. The molecule has 0 amide bonds. The standard InChI is InChI=1S/C9H7BrF2O2/c1-14-9(13)3-5-2-6(10)8(12)4-7(5)11/h2,4H,3H2,1H3. The van der Waals surface area contributed by atoms with Crippen molar-refractivity contribution in [2.24, 2.45) is 0 Å². The highest BCUT2D eigenvalue weighted by Gasteiger charge is 2.11. The summed E-state index contributed by atoms with van der Waals surface area (Å²) in [4.78, 5) is 10.8. The van der Waals surface area contributed by atoms with E-state index >= 15 is 0 Å². The molecular formula is C9H7BrF2O2. The molecule has 2 nitrogen and oxygen atoms in total. The summed E-state index contributed by atoms with van der Waals surface area (Å²) < 4.78 is 30.3. The molecule has 0 aromatic heterocycles. The van der Waals surface area contributed by atoms with Crippen molar-refractivity contribution in [1.82, 2.24) is 0 Å². The molecule has 1 aromatic rings. The van der Waals surface area contributed by atoms with E-state index in [1.807, 2.05) is 0 Å². The maximum absolute atomic E-state index is 13.1. The van der Waals surface area contributed by atoms with Crippen molar-refractivity contribution < 1.29 is 18.3 Å². The van der Waals surface area contributed by atoms with Gasteiger partial charge < -0.3 is 4.74 Å². The molecule has 0 atom stereocenters. The Morgan fingerprint density at radius 2 is 2.07 bits per heavy atom. The Morgan fingerprint density at radius 1 is 1.43 bits per heavy atom. The summed E-state index contributed by atoms with van der Waals surface area (Å²) in [5.74, 6) is -2.02. The highest BCUT2D eigenvalue weighted by Crippen LogP contribution is 2.20. The Labute approximate surface area is 88.0 Å². The van der Waals surface area contributed by atoms with Crippen LogP contribution < -0.4 is 0 Å². The van der Waals surface area contributed by atoms with Gasteiger partial charge in [0, 0.05) is 11.6 Å². The Kier molecular flexibility index (Phi) is 3.57. The first kappa shape index (κ1) is 11.1. The molecule has 0 saturated heterocycles. The van der Waals surface area contributed by atoms with Crippen LogP contribution in [0.4, 0.5) is 8.78 Å². The zero-order valence-corrected chi connectivity index (χ0v) is 8.90. The number of methoxy groups -OCH3 is 1. The van der Waals surface area contributed by atoms with E-state index in [-0.39, 0.29) is 16.5 Å². The van der Waals surface area contributed by atoms with Crippen LogP contribution in [-0.4, -0.2) is 13.1 Å². The van der Waals surface area contributed by atoms with Gasteiger partial charge in [-0.25, -0.2) is 8.78 Å². The van der Waals surface area contributed by atoms with Crippen molar-refractivity contribution >= 4 is 21.9 Å². The molecule has 0 fully saturated rings. The van der Waals surface area contributed by atoms with Gasteiger partial charge in [-0.2, -0.15) is 0 Å². The number of ether oxygens (including phenoxy) is 1. The van der Waals surface area contributed by atoms with Crippen molar-refractivity contribution in [3.63, 3.8) is 0 Å². The van der Waals surface area contributed by atoms with Gasteiger partial charge in [0.15, 0.2) is 0 Å². The third kappa shape index (κ3) is 2.51. The van der Waals surface area contributed by atoms with Gasteiger partial charge in [0.05, 0.1) is 18.0 Å². The van der Waals surface area contributed by atoms with Gasteiger partial charge in [0.2, 0.25) is 0 Å². The summed E-state index contributed by atoms with van der Waals surface area (Å²) in [5, 5.41) is 0. The van der Waals surface area contributed by atoms with Gasteiger partial charge in [0.1, 0.15) is 11.6 Å². The SMILES string of the molecule is COC(=O)Cc1cc(Br)c(F)cc1F. The third-order valence-corrected chi connectivity index (χ3v) is 2.26. The van der Waals surface area contributed by atoms with Crippen LogP contribution in [0.25, 0.3) is 0 Å². The van der Waals surface area contributed by atoms with E-state index in [0.29, 0.717) is 0 Å². The fraction of sp³-hybridized carbons (Fsp3) is 0.222. The van der Waals surface area contributed by atoms with E-state index in [0.717, 1.165) is 6.07 Å². The van der Waals surface area contributed by atoms with E-state index in [2.05, 4.69) is 20.7 Å². The highest BCUT2D eigenvalue weighted by atomic mass is 79.9. The smallest absolute Gasteiger partial charge is 0.310 e. The molecule has 0 aliphatic rings. The average Bonchev–Trinajstić information content (AvgIpc) is 2.14. The van der Waals surface area contributed by atoms with Crippen molar-refractivity contribution in [3.05, 3.63) is 33.8 Å². The van der Waals surface area contributed by atoms with Gasteiger partial charge in [-0.05, 0) is 22.0 Å². The summed E-state index contributed by atoms with van der Waals surface area (Å²) in [5.41, 5.74) is 0.102. The fourth-order valence-corrected chi connectivity index (χ4v) is 1.32. The maximum atomic E-state index is 13.1. The molecule has 0 radical (unpaired) electrons. The molecule has 0 unspecified atom stereocenters. The molecule has 0 bridgehead atoms. The van der Waals surface area contributed by atoms with E-state index in [4.69, 9.17) is 0 Å². The lowest BCUT2D eigenvalue weighted by atomic mass is 10.1. The molecule has 5 heteroatoms. The number of carbonyl (C=O) groups excluding carboxylic acids is 1. The van der Waals surface area contributed by atoms with Crippen molar-refractivity contribution in [3.8, 4) is 0 Å². The number of benzene rings is 1. The quantitative estimate of drug-likeness (QED) is 0.606. The van der Waals surface area contributed by atoms with Gasteiger partial charge in [-0.3, -0.25) is 4.79 Å². The van der Waals surface area contributed by atoms with Gasteiger partial charge in [-0.15, -0.1) is 0 Å². The molecular weight excluding hydrogens is 258 g/mol. The van der Waals surface area contributed by atoms with Crippen molar-refractivity contribution in [1.29, 1.82) is 0 Å². The molecule has 0 saturated carbocycles. The first-order valence-corrected chi connectivity index (χ1v) is 4.54. The minimum atomic E-state index is -0.754. The van der Waals surface area contributed by atoms with Crippen LogP contribution >= 0.6 is 15.9 Å². The minimum Gasteiger partial charge on any atom is -0.469 e. The van der Waals surface area contributed by atoms with Crippen molar-refractivity contribution in [2.45, 2.75) is 6.42 Å². The second kappa shape index (κ2) is 4.50. The van der Waals surface area contributed by atoms with E-state index < -0.39 is 17.6 Å². The monoisotopic (exact) mass is 264 g/mol. The summed E-state index contributed by atoms with van der Waals surface area (Å²) in [7, 11) is 1.21. The van der Waals surface area contributed by atoms with Gasteiger partial charge in [-0.1, -0.05) is 0 Å². The second-order valence-corrected chi connectivity index (χ2v) is 3.46. The van der Waals surface area contributed by atoms with Crippen LogP contribution in [0.1, 0.15) is 5.56 Å². The lowest BCUT2D eigenvalue weighted by molar-refractivity contribution is -0.139. The molecule has 76 valence electrons.